The summed E-state index contributed by atoms with van der Waals surface area (Å²) in [6, 6.07) is 12.0. The van der Waals surface area contributed by atoms with Crippen LogP contribution < -0.4 is 10.1 Å². The van der Waals surface area contributed by atoms with Crippen LogP contribution in [0, 0.1) is 11.3 Å². The summed E-state index contributed by atoms with van der Waals surface area (Å²) in [4.78, 5) is 39.9. The van der Waals surface area contributed by atoms with Crippen LogP contribution in [-0.4, -0.2) is 67.8 Å². The zero-order valence-corrected chi connectivity index (χ0v) is 24.3. The highest BCUT2D eigenvalue weighted by Crippen LogP contribution is 2.38. The first-order valence-electron chi connectivity index (χ1n) is 13.0. The summed E-state index contributed by atoms with van der Waals surface area (Å²) < 4.78 is 16.3. The number of methoxy groups -OCH3 is 1. The van der Waals surface area contributed by atoms with Crippen LogP contribution in [0.5, 0.6) is 5.75 Å². The zero-order valence-electron chi connectivity index (χ0n) is 22.7. The van der Waals surface area contributed by atoms with E-state index in [9.17, 15) is 24.8 Å². The predicted molar refractivity (Wildman–Crippen MR) is 154 cm³/mol. The molecule has 10 nitrogen and oxygen atoms in total. The smallest absolute Gasteiger partial charge is 0.411 e. The fraction of sp³-hybridized carbons (Fsp3) is 0.379. The van der Waals surface area contributed by atoms with Gasteiger partial charge in [-0.3, -0.25) is 10.1 Å². The molecule has 2 aromatic heterocycles. The van der Waals surface area contributed by atoms with Gasteiger partial charge >= 0.3 is 12.1 Å². The van der Waals surface area contributed by atoms with E-state index >= 15 is 0 Å². The van der Waals surface area contributed by atoms with E-state index in [0.717, 1.165) is 12.8 Å². The molecular formula is C29H31N3O7S2. The highest BCUT2D eigenvalue weighted by Gasteiger charge is 2.45. The number of carbonyl (C=O) groups is 3. The van der Waals surface area contributed by atoms with Crippen LogP contribution in [0.15, 0.2) is 47.2 Å². The number of hydrogen-bond acceptors (Lipinski definition) is 11. The number of aldehydes is 1. The predicted octanol–water partition coefficient (Wildman–Crippen LogP) is 4.77. The zero-order chi connectivity index (χ0) is 29.4. The quantitative estimate of drug-likeness (QED) is 0.236. The average Bonchev–Trinajstić information content (AvgIpc) is 3.72. The van der Waals surface area contributed by atoms with Crippen LogP contribution in [0.25, 0.3) is 0 Å². The third kappa shape index (κ3) is 6.94. The van der Waals surface area contributed by atoms with Crippen molar-refractivity contribution in [1.82, 2.24) is 4.90 Å². The Morgan fingerprint density at radius 1 is 1.17 bits per heavy atom. The molecule has 0 bridgehead atoms. The minimum Gasteiger partial charge on any atom is -0.496 e. The van der Waals surface area contributed by atoms with Gasteiger partial charge in [-0.1, -0.05) is 12.1 Å². The number of esters is 1. The van der Waals surface area contributed by atoms with Crippen molar-refractivity contribution in [3.05, 3.63) is 68.0 Å². The minimum atomic E-state index is -1.82. The Morgan fingerprint density at radius 2 is 1.83 bits per heavy atom. The molecule has 2 N–H and O–H groups in total. The molecule has 12 heteroatoms. The summed E-state index contributed by atoms with van der Waals surface area (Å²) in [5.74, 6) is -0.422. The average molecular weight is 598 g/mol. The van der Waals surface area contributed by atoms with Gasteiger partial charge in [-0.05, 0) is 61.7 Å². The normalized spacial score (nSPS) is 17.0. The Bertz CT molecular complexity index is 1340. The van der Waals surface area contributed by atoms with Crippen molar-refractivity contribution in [3.63, 3.8) is 0 Å². The third-order valence-electron chi connectivity index (χ3n) is 7.12. The van der Waals surface area contributed by atoms with Crippen LogP contribution in [0.2, 0.25) is 0 Å². The first-order valence-corrected chi connectivity index (χ1v) is 14.8. The van der Waals surface area contributed by atoms with E-state index in [-0.39, 0.29) is 41.3 Å². The van der Waals surface area contributed by atoms with Crippen molar-refractivity contribution >= 4 is 46.7 Å². The molecule has 0 aliphatic heterocycles. The number of thiophene rings is 2. The number of rotatable bonds is 11. The number of carbonyl (C=O) groups excluding carboxylic acids is 3. The molecule has 0 unspecified atom stereocenters. The topological polar surface area (TPSA) is 138 Å². The van der Waals surface area contributed by atoms with E-state index in [1.54, 1.807) is 24.3 Å². The maximum Gasteiger partial charge on any atom is 0.411 e. The first kappa shape index (κ1) is 30.2. The third-order valence-corrected chi connectivity index (χ3v) is 9.08. The van der Waals surface area contributed by atoms with E-state index in [2.05, 4.69) is 10.2 Å². The van der Waals surface area contributed by atoms with E-state index in [1.807, 2.05) is 23.9 Å². The molecule has 4 rings (SSSR count). The molecule has 1 amide bonds. The van der Waals surface area contributed by atoms with Crippen LogP contribution >= 0.6 is 22.7 Å². The summed E-state index contributed by atoms with van der Waals surface area (Å²) in [6.07, 6.45) is 2.43. The molecule has 0 atom stereocenters. The summed E-state index contributed by atoms with van der Waals surface area (Å²) in [5.41, 5.74) is -1.31. The Morgan fingerprint density at radius 3 is 2.37 bits per heavy atom. The molecular weight excluding hydrogens is 566 g/mol. The van der Waals surface area contributed by atoms with E-state index in [1.165, 1.54) is 41.9 Å². The van der Waals surface area contributed by atoms with Gasteiger partial charge in [0.05, 0.1) is 33.7 Å². The number of likely N-dealkylation sites (N-methyl/N-ethyl adjacent to an activating group) is 1. The number of aliphatic hydroxyl groups is 1. The number of anilines is 1. The van der Waals surface area contributed by atoms with Gasteiger partial charge in [-0.2, -0.15) is 5.26 Å². The van der Waals surface area contributed by atoms with Gasteiger partial charge in [0, 0.05) is 18.7 Å². The molecule has 1 aromatic carbocycles. The monoisotopic (exact) mass is 597 g/mol. The molecule has 1 fully saturated rings. The lowest BCUT2D eigenvalue weighted by atomic mass is 9.91. The Kier molecular flexibility index (Phi) is 10.1. The molecule has 0 saturated heterocycles. The fourth-order valence-corrected chi connectivity index (χ4v) is 6.52. The van der Waals surface area contributed by atoms with Gasteiger partial charge in [0.1, 0.15) is 24.5 Å². The summed E-state index contributed by atoms with van der Waals surface area (Å²) in [5, 5.41) is 27.0. The number of nitrogens with zero attached hydrogens (tertiary/aromatic N) is 2. The Balaban J connectivity index is 1.24. The van der Waals surface area contributed by atoms with Gasteiger partial charge in [0.25, 0.3) is 0 Å². The number of benzene rings is 1. The van der Waals surface area contributed by atoms with Crippen molar-refractivity contribution < 1.29 is 33.7 Å². The van der Waals surface area contributed by atoms with Crippen molar-refractivity contribution in [2.45, 2.75) is 43.4 Å². The maximum atomic E-state index is 13.2. The molecule has 1 aliphatic rings. The number of ether oxygens (including phenoxy) is 3. The number of hydrogen-bond donors (Lipinski definition) is 2. The minimum absolute atomic E-state index is 0.114. The van der Waals surface area contributed by atoms with E-state index in [0.29, 0.717) is 35.4 Å². The summed E-state index contributed by atoms with van der Waals surface area (Å²) in [7, 11) is 3.33. The van der Waals surface area contributed by atoms with E-state index in [4.69, 9.17) is 14.2 Å². The van der Waals surface area contributed by atoms with Crippen molar-refractivity contribution in [2.75, 3.05) is 32.6 Å². The Hall–Kier alpha value is -3.76. The van der Waals surface area contributed by atoms with Crippen molar-refractivity contribution in [3.8, 4) is 11.8 Å². The summed E-state index contributed by atoms with van der Waals surface area (Å²) in [6.45, 7) is 0.606. The number of nitriles is 1. The number of amides is 1. The molecule has 216 valence electrons. The second-order valence-corrected chi connectivity index (χ2v) is 11.5. The van der Waals surface area contributed by atoms with Gasteiger partial charge in [-0.25, -0.2) is 9.59 Å². The highest BCUT2D eigenvalue weighted by atomic mass is 32.1. The largest absolute Gasteiger partial charge is 0.496 e. The molecule has 41 heavy (non-hydrogen) atoms. The van der Waals surface area contributed by atoms with Gasteiger partial charge in [0.2, 0.25) is 5.60 Å². The van der Waals surface area contributed by atoms with Crippen LogP contribution in [0.3, 0.4) is 0 Å². The van der Waals surface area contributed by atoms with E-state index < -0.39 is 17.7 Å². The number of nitrogens with one attached hydrogen (secondary N) is 1. The SMILES string of the molecule is COc1cc(NC(=O)OCCN(C)C2CCC(OC(=O)C(O)(c3cccs3)c3cccs3)CC2)c(C#N)cc1C=O. The van der Waals surface area contributed by atoms with Crippen LogP contribution in [0.4, 0.5) is 10.5 Å². The highest BCUT2D eigenvalue weighted by molar-refractivity contribution is 7.12. The fourth-order valence-electron chi connectivity index (χ4n) is 4.80. The molecule has 3 aromatic rings. The lowest BCUT2D eigenvalue weighted by Crippen LogP contribution is -2.42. The summed E-state index contributed by atoms with van der Waals surface area (Å²) >= 11 is 2.63. The second-order valence-electron chi connectivity index (χ2n) is 9.61. The maximum absolute atomic E-state index is 13.2. The molecule has 2 heterocycles. The van der Waals surface area contributed by atoms with Crippen LogP contribution in [0.1, 0.15) is 51.4 Å². The van der Waals surface area contributed by atoms with Gasteiger partial charge in [-0.15, -0.1) is 22.7 Å². The molecule has 0 radical (unpaired) electrons. The molecule has 1 saturated carbocycles. The second kappa shape index (κ2) is 13.7. The molecule has 0 spiro atoms. The lowest BCUT2D eigenvalue weighted by molar-refractivity contribution is -0.169. The van der Waals surface area contributed by atoms with Crippen molar-refractivity contribution in [1.29, 1.82) is 5.26 Å². The van der Waals surface area contributed by atoms with Crippen LogP contribution in [-0.2, 0) is 19.9 Å². The van der Waals surface area contributed by atoms with Crippen molar-refractivity contribution in [2.24, 2.45) is 0 Å². The molecule has 1 aliphatic carbocycles. The lowest BCUT2D eigenvalue weighted by Gasteiger charge is -2.35. The first-order chi connectivity index (χ1) is 19.8. The van der Waals surface area contributed by atoms with Gasteiger partial charge < -0.3 is 24.2 Å². The van der Waals surface area contributed by atoms with Gasteiger partial charge in [0.15, 0.2) is 6.29 Å². The standard InChI is InChI=1S/C29H31N3O7S2/c1-32(11-12-38-28(35)31-23-16-24(37-2)20(18-33)15-19(23)17-30)21-7-9-22(10-8-21)39-27(34)29(36,25-5-3-13-40-25)26-6-4-14-41-26/h3-6,13-16,18,21-22,36H,7-12H2,1-2H3,(H,31,35). The Labute approximate surface area is 246 Å².